The monoisotopic (exact) mass is 1760 g/mol. The number of aliphatic carboxylic acids is 1. The van der Waals surface area contributed by atoms with Gasteiger partial charge in [-0.3, -0.25) is 76.7 Å². The van der Waals surface area contributed by atoms with Crippen LogP contribution in [0.3, 0.4) is 0 Å². The molecule has 0 fully saturated rings. The minimum Gasteiger partial charge on any atom is -0.508 e. The minimum atomic E-state index is -1.87. The Hall–Kier alpha value is -12.1. The molecule has 124 heavy (non-hydrogen) atoms. The van der Waals surface area contributed by atoms with E-state index >= 15 is 14.4 Å². The van der Waals surface area contributed by atoms with Gasteiger partial charge in [0.1, 0.15) is 84.4 Å². The summed E-state index contributed by atoms with van der Waals surface area (Å²) < 4.78 is 5.37. The van der Waals surface area contributed by atoms with Crippen LogP contribution in [0.5, 0.6) is 5.75 Å². The zero-order valence-corrected chi connectivity index (χ0v) is 72.2. The molecule has 674 valence electrons. The lowest BCUT2D eigenvalue weighted by atomic mass is 9.88. The maximum absolute atomic E-state index is 15.3. The van der Waals surface area contributed by atoms with E-state index in [0.29, 0.717) is 69.9 Å². The molecule has 40 heteroatoms. The lowest BCUT2D eigenvalue weighted by Gasteiger charge is -2.34. The standard InChI is InChI=1S/C84H117N19O19S2/c1-46(2)39-84(7,83(121)101-61(34-50-18-9-8-10-19-50)74(112)91-42-68(106)88-32-33-122-43-69(107)94-59(72(87)110)24-15-16-30-85)103-81(119)60(25-17-31-86)95-76(114)63(36-52-40-89-57-22-13-11-20-55(52)57)98-75(113)62(35-51-26-28-54(105)29-27-51)97-80(118)67(45-124)100-82(120)71(47(3)4)102-78(116)64(37-53-41-90-58-23-14-12-21-56(53)58)99-77(115)65(38-70(108)109)96-73(111)48(5)92-79(117)66(44-123)93-49(6)104/h8-14,18-23,26-29,40-41,46-48,59-67,71,89-90,105,123-124H,15-17,24-25,30-39,42-45,85-86H2,1-7H3,(H2,87,110)(H,88,106)(H,91,112)(H,92,117)(H,93,104)(H,94,107)(H,95,114)(H,96,111)(H,97,118)(H,98,113)(H,99,115)(H,100,120)(H,101,121)(H,102,116)(H,103,119)(H,108,109)/t48-,59+,60-,61-,62-,63-,64-,65-,66-,67-,71-,84-/m0/s1. The van der Waals surface area contributed by atoms with Gasteiger partial charge in [0, 0.05) is 84.9 Å². The Bertz CT molecular complexity index is 4670. The molecule has 0 aliphatic heterocycles. The van der Waals surface area contributed by atoms with Crippen LogP contribution in [-0.2, 0) is 107 Å². The molecule has 6 rings (SSSR count). The van der Waals surface area contributed by atoms with Crippen molar-refractivity contribution in [3.05, 3.63) is 138 Å². The average molecular weight is 1760 g/mol. The summed E-state index contributed by atoms with van der Waals surface area (Å²) in [6, 6.07) is 12.3. The van der Waals surface area contributed by atoms with Gasteiger partial charge in [-0.25, -0.2) is 0 Å². The molecule has 0 unspecified atom stereocenters. The number of amides is 15. The van der Waals surface area contributed by atoms with Crippen LogP contribution in [0.1, 0.15) is 116 Å². The van der Waals surface area contributed by atoms with Crippen molar-refractivity contribution in [1.29, 1.82) is 0 Å². The van der Waals surface area contributed by atoms with Gasteiger partial charge in [0.2, 0.25) is 88.6 Å². The fraction of sp³-hybridized carbons (Fsp3) is 0.476. The minimum absolute atomic E-state index is 0.0254. The number of unbranched alkanes of at least 4 members (excludes halogenated alkanes) is 1. The third-order valence-electron chi connectivity index (χ3n) is 20.0. The van der Waals surface area contributed by atoms with E-state index in [0.717, 1.165) is 0 Å². The predicted octanol–water partition coefficient (Wildman–Crippen LogP) is -1.49. The van der Waals surface area contributed by atoms with Gasteiger partial charge >= 0.3 is 5.97 Å². The van der Waals surface area contributed by atoms with E-state index < -0.39 is 198 Å². The molecule has 0 bridgehead atoms. The molecule has 24 N–H and O–H groups in total. The number of carbonyl (C=O) groups excluding carboxylic acids is 15. The van der Waals surface area contributed by atoms with Crippen molar-refractivity contribution in [3.8, 4) is 5.75 Å². The van der Waals surface area contributed by atoms with Gasteiger partial charge in [-0.05, 0) is 124 Å². The van der Waals surface area contributed by atoms with E-state index in [2.05, 4.69) is 110 Å². The number of fused-ring (bicyclic) bond motifs is 2. The van der Waals surface area contributed by atoms with Crippen LogP contribution in [-0.4, -0.2) is 238 Å². The molecule has 0 aliphatic rings. The number of nitrogens with one attached hydrogen (secondary N) is 16. The van der Waals surface area contributed by atoms with E-state index in [1.165, 1.54) is 45.0 Å². The number of carbonyl (C=O) groups is 16. The summed E-state index contributed by atoms with van der Waals surface area (Å²) in [5, 5.41) is 58.0. The topological polar surface area (TPSA) is 601 Å². The predicted molar refractivity (Wildman–Crippen MR) is 467 cm³/mol. The summed E-state index contributed by atoms with van der Waals surface area (Å²) in [7, 11) is 0. The third kappa shape index (κ3) is 32.6. The number of para-hydroxylation sites is 2. The zero-order chi connectivity index (χ0) is 91.3. The Morgan fingerprint density at radius 3 is 1.48 bits per heavy atom. The highest BCUT2D eigenvalue weighted by atomic mass is 32.1. The van der Waals surface area contributed by atoms with Gasteiger partial charge in [-0.2, -0.15) is 25.3 Å². The number of carboxylic acids is 1. The summed E-state index contributed by atoms with van der Waals surface area (Å²) in [5.41, 5.74) is 18.5. The maximum atomic E-state index is 15.3. The van der Waals surface area contributed by atoms with Crippen molar-refractivity contribution in [3.63, 3.8) is 0 Å². The molecule has 0 saturated heterocycles. The molecule has 2 aromatic heterocycles. The Labute approximate surface area is 728 Å². The number of nitrogens with two attached hydrogens (primary N) is 3. The molecule has 0 saturated carbocycles. The van der Waals surface area contributed by atoms with Gasteiger partial charge in [0.25, 0.3) is 0 Å². The second kappa shape index (κ2) is 50.4. The molecule has 4 aromatic carbocycles. The Morgan fingerprint density at radius 1 is 0.476 bits per heavy atom. The maximum Gasteiger partial charge on any atom is 0.305 e. The van der Waals surface area contributed by atoms with E-state index in [1.807, 2.05) is 0 Å². The molecule has 0 radical (unpaired) electrons. The summed E-state index contributed by atoms with van der Waals surface area (Å²) in [4.78, 5) is 228. The zero-order valence-electron chi connectivity index (χ0n) is 70.4. The van der Waals surface area contributed by atoms with Gasteiger partial charge < -0.3 is 117 Å². The highest BCUT2D eigenvalue weighted by Crippen LogP contribution is 2.24. The average Bonchev–Trinajstić information content (AvgIpc) is 1.70. The van der Waals surface area contributed by atoms with Crippen LogP contribution in [0.2, 0.25) is 0 Å². The number of phenolic OH excluding ortho intramolecular Hbond substituents is 1. The number of primary amides is 1. The molecule has 15 amide bonds. The van der Waals surface area contributed by atoms with Crippen molar-refractivity contribution in [1.82, 2.24) is 84.4 Å². The smallest absolute Gasteiger partial charge is 0.305 e. The SMILES string of the molecule is CC(=O)N[C@@H](CS)C(=O)N[C@@H](C)C(=O)N[C@@H](CC(=O)O)C(=O)N[C@@H](Cc1c[nH]c2ccccc12)C(=O)N[C@H](C(=O)N[C@@H](CS)C(=O)N[C@@H](Cc1ccc(O)cc1)C(=O)N[C@@H](Cc1c[nH]c2ccccc12)C(=O)N[C@@H](CCCN)C(=O)N[C@@](C)(CC(C)C)C(=O)N[C@@H](Cc1ccccc1)C(=O)NCC(=O)NCCOCC(=O)N[C@H](CCCCN)C(N)=O)C(C)C. The molecule has 0 aliphatic carbocycles. The number of rotatable bonds is 53. The number of hydrogen-bond acceptors (Lipinski definition) is 22. The first-order chi connectivity index (χ1) is 59.0. The number of hydrogen-bond donors (Lipinski definition) is 23. The highest BCUT2D eigenvalue weighted by molar-refractivity contribution is 7.80. The van der Waals surface area contributed by atoms with Crippen LogP contribution in [0.15, 0.2) is 116 Å². The molecule has 2 heterocycles. The molecule has 38 nitrogen and oxygen atoms in total. The molecule has 6 aromatic rings. The van der Waals surface area contributed by atoms with E-state index in [1.54, 1.807) is 119 Å². The summed E-state index contributed by atoms with van der Waals surface area (Å²) in [6.07, 6.45) is 2.75. The quantitative estimate of drug-likeness (QED) is 0.0153. The second-order valence-corrected chi connectivity index (χ2v) is 31.8. The number of phenols is 1. The molecule has 0 spiro atoms. The van der Waals surface area contributed by atoms with Gasteiger partial charge in [-0.15, -0.1) is 0 Å². The molecule has 12 atom stereocenters. The number of aromatic nitrogens is 2. The van der Waals surface area contributed by atoms with Crippen molar-refractivity contribution < 1.29 is 91.7 Å². The molecular weight excluding hydrogens is 1640 g/mol. The normalized spacial score (nSPS) is 14.4. The number of aromatic amines is 2. The van der Waals surface area contributed by atoms with Crippen LogP contribution in [0.4, 0.5) is 0 Å². The van der Waals surface area contributed by atoms with Crippen LogP contribution in [0.25, 0.3) is 21.8 Å². The Balaban J connectivity index is 1.22. The second-order valence-electron chi connectivity index (χ2n) is 31.0. The third-order valence-corrected chi connectivity index (χ3v) is 20.7. The first-order valence-corrected chi connectivity index (χ1v) is 42.0. The van der Waals surface area contributed by atoms with Crippen molar-refractivity contribution >= 4 is 142 Å². The van der Waals surface area contributed by atoms with Crippen LogP contribution >= 0.6 is 25.3 Å². The van der Waals surface area contributed by atoms with Crippen molar-refractivity contribution in [2.24, 2.45) is 29.0 Å². The molecular formula is C84H117N19O19S2. The largest absolute Gasteiger partial charge is 0.508 e. The number of ether oxygens (including phenoxy) is 1. The Morgan fingerprint density at radius 2 is 0.952 bits per heavy atom. The fourth-order valence-electron chi connectivity index (χ4n) is 13.5. The van der Waals surface area contributed by atoms with E-state index in [-0.39, 0.29) is 82.1 Å². The first kappa shape index (κ1) is 101. The number of carboxylic acid groups (broad SMARTS) is 1. The van der Waals surface area contributed by atoms with E-state index in [4.69, 9.17) is 21.9 Å². The fourth-order valence-corrected chi connectivity index (χ4v) is 14.0. The van der Waals surface area contributed by atoms with Crippen LogP contribution in [0, 0.1) is 11.8 Å². The number of thiol groups is 2. The van der Waals surface area contributed by atoms with E-state index in [9.17, 15) is 72.5 Å². The number of H-pyrrole nitrogens is 2. The van der Waals surface area contributed by atoms with Crippen molar-refractivity contribution in [2.75, 3.05) is 50.9 Å². The van der Waals surface area contributed by atoms with Crippen molar-refractivity contribution in [2.45, 2.75) is 191 Å². The van der Waals surface area contributed by atoms with Gasteiger partial charge in [0.05, 0.1) is 19.6 Å². The Kier molecular flexibility index (Phi) is 41.0. The summed E-state index contributed by atoms with van der Waals surface area (Å²) in [5.74, 6) is -16.2. The first-order valence-electron chi connectivity index (χ1n) is 40.8. The highest BCUT2D eigenvalue weighted by Gasteiger charge is 2.42. The number of aromatic hydroxyl groups is 1. The lowest BCUT2D eigenvalue weighted by Crippen LogP contribution is -2.64. The van der Waals surface area contributed by atoms with Gasteiger partial charge in [0.15, 0.2) is 0 Å². The summed E-state index contributed by atoms with van der Waals surface area (Å²) in [6.45, 7) is 9.78. The lowest BCUT2D eigenvalue weighted by molar-refractivity contribution is -0.141. The van der Waals surface area contributed by atoms with Crippen LogP contribution < -0.4 is 91.6 Å². The number of benzene rings is 4. The summed E-state index contributed by atoms with van der Waals surface area (Å²) >= 11 is 8.51. The van der Waals surface area contributed by atoms with Gasteiger partial charge in [-0.1, -0.05) is 107 Å².